The molecule has 1 heterocycles. The second kappa shape index (κ2) is 7.29. The molecule has 0 amide bonds. The van der Waals surface area contributed by atoms with Crippen LogP contribution in [0.25, 0.3) is 0 Å². The van der Waals surface area contributed by atoms with Crippen LogP contribution >= 0.6 is 11.8 Å². The molecule has 0 unspecified atom stereocenters. The predicted octanol–water partition coefficient (Wildman–Crippen LogP) is 0.968. The van der Waals surface area contributed by atoms with E-state index in [1.807, 2.05) is 18.4 Å². The highest BCUT2D eigenvalue weighted by Gasteiger charge is 2.10. The fourth-order valence-electron chi connectivity index (χ4n) is 1.12. The third-order valence-corrected chi connectivity index (χ3v) is 2.76. The molecular formula is C10H17N3O3S. The maximum atomic E-state index is 11.3. The van der Waals surface area contributed by atoms with Crippen LogP contribution in [0.5, 0.6) is 0 Å². The van der Waals surface area contributed by atoms with Gasteiger partial charge < -0.3 is 14.0 Å². The number of nitrogens with zero attached hydrogens (tertiary/aromatic N) is 3. The second-order valence-corrected chi connectivity index (χ2v) is 4.57. The quantitative estimate of drug-likeness (QED) is 0.537. The lowest BCUT2D eigenvalue weighted by Crippen LogP contribution is -2.14. The van der Waals surface area contributed by atoms with Crippen molar-refractivity contribution < 1.29 is 14.3 Å². The molecule has 0 atom stereocenters. The van der Waals surface area contributed by atoms with Gasteiger partial charge in [-0.3, -0.25) is 4.79 Å². The molecule has 7 heteroatoms. The van der Waals surface area contributed by atoms with E-state index in [-0.39, 0.29) is 17.8 Å². The molecule has 0 spiro atoms. The van der Waals surface area contributed by atoms with E-state index in [2.05, 4.69) is 10.2 Å². The number of ether oxygens (including phenoxy) is 2. The molecule has 0 aliphatic heterocycles. The van der Waals surface area contributed by atoms with E-state index >= 15 is 0 Å². The molecule has 0 aromatic carbocycles. The summed E-state index contributed by atoms with van der Waals surface area (Å²) in [5, 5.41) is 8.43. The Morgan fingerprint density at radius 1 is 1.59 bits per heavy atom. The van der Waals surface area contributed by atoms with Crippen LogP contribution in [-0.2, 0) is 20.8 Å². The highest BCUT2D eigenvalue weighted by atomic mass is 32.2. The van der Waals surface area contributed by atoms with Gasteiger partial charge in [-0.2, -0.15) is 0 Å². The zero-order valence-corrected chi connectivity index (χ0v) is 11.1. The average Bonchev–Trinajstić information content (AvgIpc) is 2.70. The van der Waals surface area contributed by atoms with Gasteiger partial charge in [0.25, 0.3) is 0 Å². The molecule has 6 nitrogen and oxygen atoms in total. The fraction of sp³-hybridized carbons (Fsp3) is 0.700. The van der Waals surface area contributed by atoms with Crippen molar-refractivity contribution in [2.75, 3.05) is 19.5 Å². The van der Waals surface area contributed by atoms with E-state index < -0.39 is 0 Å². The second-order valence-electron chi connectivity index (χ2n) is 3.63. The highest BCUT2D eigenvalue weighted by Crippen LogP contribution is 2.14. The number of carbonyl (C=O) groups is 1. The Morgan fingerprint density at radius 3 is 3.00 bits per heavy atom. The largest absolute Gasteiger partial charge is 0.462 e. The van der Waals surface area contributed by atoms with E-state index in [4.69, 9.17) is 9.47 Å². The lowest BCUT2D eigenvalue weighted by atomic mass is 10.5. The van der Waals surface area contributed by atoms with Crippen LogP contribution in [0.15, 0.2) is 11.5 Å². The Balaban J connectivity index is 2.40. The van der Waals surface area contributed by atoms with Gasteiger partial charge in [0.2, 0.25) is 0 Å². The van der Waals surface area contributed by atoms with Crippen molar-refractivity contribution in [2.24, 2.45) is 0 Å². The maximum absolute atomic E-state index is 11.3. The molecule has 0 bridgehead atoms. The lowest BCUT2D eigenvalue weighted by Gasteiger charge is -2.08. The van der Waals surface area contributed by atoms with Crippen molar-refractivity contribution >= 4 is 17.7 Å². The third kappa shape index (κ3) is 5.18. The molecule has 0 N–H and O–H groups in total. The van der Waals surface area contributed by atoms with Crippen LogP contribution in [0.3, 0.4) is 0 Å². The van der Waals surface area contributed by atoms with Crippen molar-refractivity contribution in [3.05, 3.63) is 6.33 Å². The first-order chi connectivity index (χ1) is 8.13. The Morgan fingerprint density at radius 2 is 2.35 bits per heavy atom. The van der Waals surface area contributed by atoms with Crippen molar-refractivity contribution in [1.29, 1.82) is 0 Å². The van der Waals surface area contributed by atoms with E-state index in [0.29, 0.717) is 18.3 Å². The summed E-state index contributed by atoms with van der Waals surface area (Å²) in [4.78, 5) is 11.3. The van der Waals surface area contributed by atoms with Crippen molar-refractivity contribution in [2.45, 2.75) is 31.7 Å². The average molecular weight is 259 g/mol. The highest BCUT2D eigenvalue weighted by molar-refractivity contribution is 7.99. The van der Waals surface area contributed by atoms with Crippen LogP contribution < -0.4 is 0 Å². The fourth-order valence-corrected chi connectivity index (χ4v) is 1.84. The molecule has 1 aromatic rings. The lowest BCUT2D eigenvalue weighted by molar-refractivity contribution is -0.144. The van der Waals surface area contributed by atoms with Gasteiger partial charge in [0, 0.05) is 13.7 Å². The smallest absolute Gasteiger partial charge is 0.316 e. The third-order valence-electron chi connectivity index (χ3n) is 1.80. The molecule has 0 saturated carbocycles. The summed E-state index contributed by atoms with van der Waals surface area (Å²) in [6, 6.07) is 0. The van der Waals surface area contributed by atoms with Crippen molar-refractivity contribution in [1.82, 2.24) is 14.8 Å². The maximum Gasteiger partial charge on any atom is 0.316 e. The number of carbonyl (C=O) groups excluding carboxylic acids is 1. The van der Waals surface area contributed by atoms with E-state index in [1.165, 1.54) is 11.8 Å². The van der Waals surface area contributed by atoms with Gasteiger partial charge in [0.15, 0.2) is 5.16 Å². The van der Waals surface area contributed by atoms with Crippen molar-refractivity contribution in [3.63, 3.8) is 0 Å². The molecule has 0 saturated heterocycles. The molecule has 17 heavy (non-hydrogen) atoms. The van der Waals surface area contributed by atoms with E-state index in [9.17, 15) is 4.79 Å². The van der Waals surface area contributed by atoms with Gasteiger partial charge in [-0.1, -0.05) is 11.8 Å². The zero-order chi connectivity index (χ0) is 12.7. The molecule has 0 fully saturated rings. The normalized spacial score (nSPS) is 10.8. The minimum atomic E-state index is -0.244. The minimum Gasteiger partial charge on any atom is -0.462 e. The van der Waals surface area contributed by atoms with Gasteiger partial charge in [-0.15, -0.1) is 10.2 Å². The number of hydrogen-bond donors (Lipinski definition) is 0. The molecule has 0 aliphatic carbocycles. The predicted molar refractivity (Wildman–Crippen MR) is 63.9 cm³/mol. The number of esters is 1. The topological polar surface area (TPSA) is 66.2 Å². The number of methoxy groups -OCH3 is 1. The van der Waals surface area contributed by atoms with Gasteiger partial charge >= 0.3 is 5.97 Å². The first kappa shape index (κ1) is 14.0. The summed E-state index contributed by atoms with van der Waals surface area (Å²) in [7, 11) is 1.64. The minimum absolute atomic E-state index is 0.0885. The summed E-state index contributed by atoms with van der Waals surface area (Å²) in [6.45, 7) is 4.90. The summed E-state index contributed by atoms with van der Waals surface area (Å²) in [5.74, 6) is -0.00424. The van der Waals surface area contributed by atoms with E-state index in [1.54, 1.807) is 13.4 Å². The first-order valence-electron chi connectivity index (χ1n) is 5.32. The van der Waals surface area contributed by atoms with Gasteiger partial charge in [-0.25, -0.2) is 0 Å². The number of hydrogen-bond acceptors (Lipinski definition) is 6. The Bertz CT molecular complexity index is 354. The van der Waals surface area contributed by atoms with Crippen LogP contribution in [0.1, 0.15) is 13.8 Å². The molecular weight excluding hydrogens is 242 g/mol. The number of thioether (sulfide) groups is 1. The van der Waals surface area contributed by atoms with Gasteiger partial charge in [0.1, 0.15) is 6.33 Å². The molecule has 1 aromatic heterocycles. The monoisotopic (exact) mass is 259 g/mol. The summed E-state index contributed by atoms with van der Waals surface area (Å²) in [5.41, 5.74) is 0. The van der Waals surface area contributed by atoms with Crippen LogP contribution in [0, 0.1) is 0 Å². The number of rotatable bonds is 7. The Kier molecular flexibility index (Phi) is 5.99. The summed E-state index contributed by atoms with van der Waals surface area (Å²) in [6.07, 6.45) is 1.53. The van der Waals surface area contributed by atoms with Crippen LogP contribution in [-0.4, -0.2) is 46.3 Å². The standard InChI is InChI=1S/C10H17N3O3S/c1-8(2)16-9(14)6-17-10-12-11-7-13(10)4-5-15-3/h7-8H,4-6H2,1-3H3. The zero-order valence-electron chi connectivity index (χ0n) is 10.3. The SMILES string of the molecule is COCCn1cnnc1SCC(=O)OC(C)C. The number of aromatic nitrogens is 3. The Hall–Kier alpha value is -1.08. The molecule has 0 radical (unpaired) electrons. The van der Waals surface area contributed by atoms with Crippen LogP contribution in [0.2, 0.25) is 0 Å². The van der Waals surface area contributed by atoms with Gasteiger partial charge in [0.05, 0.1) is 18.5 Å². The van der Waals surface area contributed by atoms with Crippen molar-refractivity contribution in [3.8, 4) is 0 Å². The molecule has 96 valence electrons. The molecule has 1 rings (SSSR count). The summed E-state index contributed by atoms with van der Waals surface area (Å²) < 4.78 is 11.8. The van der Waals surface area contributed by atoms with Gasteiger partial charge in [-0.05, 0) is 13.8 Å². The van der Waals surface area contributed by atoms with Crippen LogP contribution in [0.4, 0.5) is 0 Å². The molecule has 0 aliphatic rings. The van der Waals surface area contributed by atoms with E-state index in [0.717, 1.165) is 0 Å². The Labute approximate surface area is 105 Å². The summed E-state index contributed by atoms with van der Waals surface area (Å²) >= 11 is 1.31. The first-order valence-corrected chi connectivity index (χ1v) is 6.31.